The molecule has 3 aliphatic heterocycles. The summed E-state index contributed by atoms with van der Waals surface area (Å²) in [6.45, 7) is 3.38. The molecule has 3 fully saturated rings. The zero-order valence-electron chi connectivity index (χ0n) is 17.1. The molecule has 0 saturated carbocycles. The molecule has 2 aromatic carbocycles. The molecule has 0 aliphatic carbocycles. The van der Waals surface area contributed by atoms with Crippen LogP contribution in [-0.2, 0) is 0 Å². The summed E-state index contributed by atoms with van der Waals surface area (Å²) in [5, 5.41) is 9.36. The number of nitrogens with zero attached hydrogens (tertiary/aromatic N) is 1. The Morgan fingerprint density at radius 1 is 0.629 bits per heavy atom. The number of aliphatic hydroxyl groups is 1. The predicted octanol–water partition coefficient (Wildman–Crippen LogP) is 4.73. The molecule has 1 N–H and O–H groups in total. The zero-order chi connectivity index (χ0) is 26.2. The van der Waals surface area contributed by atoms with E-state index in [0.29, 0.717) is 5.92 Å². The van der Waals surface area contributed by atoms with E-state index in [0.717, 1.165) is 6.54 Å². The number of aliphatic hydroxyl groups excluding tert-OH is 1. The number of benzene rings is 2. The lowest BCUT2D eigenvalue weighted by Gasteiger charge is -2.42. The van der Waals surface area contributed by atoms with Gasteiger partial charge in [-0.3, -0.25) is 0 Å². The van der Waals surface area contributed by atoms with E-state index in [1.54, 1.807) is 0 Å². The number of hydrogen-bond donors (Lipinski definition) is 1. The summed E-state index contributed by atoms with van der Waals surface area (Å²) in [5.74, 6) is -29.8. The number of carbonyl (C=O) groups excluding carboxylic acids is 1. The van der Waals surface area contributed by atoms with Gasteiger partial charge in [0.25, 0.3) is 0 Å². The van der Waals surface area contributed by atoms with Crippen molar-refractivity contribution in [3.05, 3.63) is 58.2 Å². The van der Waals surface area contributed by atoms with Gasteiger partial charge in [0.05, 0.1) is 6.10 Å². The first-order chi connectivity index (χ1) is 16.3. The number of piperidine rings is 3. The summed E-state index contributed by atoms with van der Waals surface area (Å²) in [7, 11) is 0. The molecule has 0 spiro atoms. The van der Waals surface area contributed by atoms with E-state index in [9.17, 15) is 53.8 Å². The SMILES string of the molecule is O=C(Oc1c(F)c(F)c(F)c(F)c1F)Oc1c(F)c(F)c(F)c(F)c1F.O[C@H]1CN2CCC1CC2. The van der Waals surface area contributed by atoms with Crippen LogP contribution < -0.4 is 9.47 Å². The molecule has 2 aromatic rings. The molecule has 2 bridgehead atoms. The summed E-state index contributed by atoms with van der Waals surface area (Å²) in [6.07, 6.45) is -0.119. The molecule has 15 heteroatoms. The average molecular weight is 521 g/mol. The molecular weight excluding hydrogens is 508 g/mol. The quantitative estimate of drug-likeness (QED) is 0.204. The molecule has 5 nitrogen and oxygen atoms in total. The highest BCUT2D eigenvalue weighted by molar-refractivity contribution is 5.67. The normalized spacial score (nSPS) is 20.8. The van der Waals surface area contributed by atoms with Crippen molar-refractivity contribution < 1.29 is 63.3 Å². The summed E-state index contributed by atoms with van der Waals surface area (Å²) in [5.41, 5.74) is 0. The number of rotatable bonds is 2. The summed E-state index contributed by atoms with van der Waals surface area (Å²) in [6, 6.07) is 0. The second-order valence-corrected chi connectivity index (χ2v) is 7.46. The lowest BCUT2D eigenvalue weighted by molar-refractivity contribution is -0.0227. The van der Waals surface area contributed by atoms with E-state index in [-0.39, 0.29) is 6.10 Å². The molecule has 1 atom stereocenters. The highest BCUT2D eigenvalue weighted by atomic mass is 19.2. The third-order valence-electron chi connectivity index (χ3n) is 5.33. The van der Waals surface area contributed by atoms with E-state index in [4.69, 9.17) is 0 Å². The molecule has 35 heavy (non-hydrogen) atoms. The molecule has 0 aromatic heterocycles. The Balaban J connectivity index is 0.000000313. The smallest absolute Gasteiger partial charge is 0.392 e. The van der Waals surface area contributed by atoms with Crippen LogP contribution in [-0.4, -0.2) is 41.9 Å². The van der Waals surface area contributed by atoms with Gasteiger partial charge in [0.2, 0.25) is 69.7 Å². The Kier molecular flexibility index (Phi) is 7.79. The molecular formula is C20H13F10NO4. The first-order valence-corrected chi connectivity index (χ1v) is 9.68. The van der Waals surface area contributed by atoms with Crippen LogP contribution in [0.3, 0.4) is 0 Å². The van der Waals surface area contributed by atoms with E-state index in [1.165, 1.54) is 25.9 Å². The van der Waals surface area contributed by atoms with Gasteiger partial charge in [-0.05, 0) is 31.8 Å². The second-order valence-electron chi connectivity index (χ2n) is 7.46. The molecule has 5 rings (SSSR count). The van der Waals surface area contributed by atoms with Gasteiger partial charge in [-0.1, -0.05) is 0 Å². The van der Waals surface area contributed by atoms with Crippen molar-refractivity contribution in [1.82, 2.24) is 4.90 Å². The summed E-state index contributed by atoms with van der Waals surface area (Å²) < 4.78 is 137. The maximum atomic E-state index is 13.3. The number of halogens is 10. The van der Waals surface area contributed by atoms with Crippen LogP contribution in [0.5, 0.6) is 11.5 Å². The van der Waals surface area contributed by atoms with Gasteiger partial charge in [0.15, 0.2) is 0 Å². The Hall–Kier alpha value is -3.07. The predicted molar refractivity (Wildman–Crippen MR) is 94.3 cm³/mol. The summed E-state index contributed by atoms with van der Waals surface area (Å²) in [4.78, 5) is 13.6. The zero-order valence-corrected chi connectivity index (χ0v) is 17.1. The van der Waals surface area contributed by atoms with Crippen LogP contribution in [0.15, 0.2) is 0 Å². The van der Waals surface area contributed by atoms with Crippen molar-refractivity contribution in [3.63, 3.8) is 0 Å². The van der Waals surface area contributed by atoms with E-state index in [1.807, 2.05) is 0 Å². The third kappa shape index (κ3) is 5.15. The highest BCUT2D eigenvalue weighted by Gasteiger charge is 2.33. The molecule has 192 valence electrons. The van der Waals surface area contributed by atoms with Crippen LogP contribution in [0.1, 0.15) is 12.8 Å². The fourth-order valence-corrected chi connectivity index (χ4v) is 3.47. The summed E-state index contributed by atoms with van der Waals surface area (Å²) >= 11 is 0. The molecule has 0 amide bonds. The number of fused-ring (bicyclic) bond motifs is 3. The lowest BCUT2D eigenvalue weighted by atomic mass is 9.86. The molecule has 3 saturated heterocycles. The fraction of sp³-hybridized carbons (Fsp3) is 0.350. The van der Waals surface area contributed by atoms with Crippen molar-refractivity contribution in [2.45, 2.75) is 18.9 Å². The van der Waals surface area contributed by atoms with Gasteiger partial charge in [0.1, 0.15) is 0 Å². The monoisotopic (exact) mass is 521 g/mol. The third-order valence-corrected chi connectivity index (χ3v) is 5.33. The molecule has 3 heterocycles. The van der Waals surface area contributed by atoms with Crippen molar-refractivity contribution in [2.24, 2.45) is 5.92 Å². The van der Waals surface area contributed by atoms with E-state index < -0.39 is 75.8 Å². The van der Waals surface area contributed by atoms with E-state index >= 15 is 0 Å². The van der Waals surface area contributed by atoms with Crippen LogP contribution in [0.2, 0.25) is 0 Å². The topological polar surface area (TPSA) is 59.0 Å². The van der Waals surface area contributed by atoms with Crippen LogP contribution in [0.4, 0.5) is 48.7 Å². The van der Waals surface area contributed by atoms with Gasteiger partial charge < -0.3 is 19.5 Å². The maximum Gasteiger partial charge on any atom is 0.519 e. The standard InChI is InChI=1S/C13F10O3.C7H13NO/c14-1-3(16)7(20)11(8(21)4(1)17)25-13(24)26-12-9(22)5(18)2(15)6(19)10(12)23;9-7-5-8-3-1-6(7)2-4-8/h;6-7,9H,1-5H2/t;7-/m.0/s1. The first-order valence-electron chi connectivity index (χ1n) is 9.68. The van der Waals surface area contributed by atoms with Crippen molar-refractivity contribution in [1.29, 1.82) is 0 Å². The van der Waals surface area contributed by atoms with Crippen LogP contribution in [0, 0.1) is 64.1 Å². The minimum Gasteiger partial charge on any atom is -0.392 e. The molecule has 0 radical (unpaired) electrons. The largest absolute Gasteiger partial charge is 0.519 e. The number of hydrogen-bond acceptors (Lipinski definition) is 5. The average Bonchev–Trinajstić information content (AvgIpc) is 2.85. The Labute approximate surface area is 189 Å². The lowest BCUT2D eigenvalue weighted by Crippen LogP contribution is -2.50. The van der Waals surface area contributed by atoms with Gasteiger partial charge >= 0.3 is 6.16 Å². The number of carbonyl (C=O) groups is 1. The highest BCUT2D eigenvalue weighted by Crippen LogP contribution is 2.32. The first kappa shape index (κ1) is 26.5. The molecule has 0 unspecified atom stereocenters. The van der Waals surface area contributed by atoms with Gasteiger partial charge in [-0.2, -0.15) is 17.6 Å². The Morgan fingerprint density at radius 3 is 1.17 bits per heavy atom. The fourth-order valence-electron chi connectivity index (χ4n) is 3.47. The maximum absolute atomic E-state index is 13.3. The van der Waals surface area contributed by atoms with Gasteiger partial charge in [-0.15, -0.1) is 0 Å². The minimum atomic E-state index is -2.62. The van der Waals surface area contributed by atoms with E-state index in [2.05, 4.69) is 14.4 Å². The second kappa shape index (κ2) is 10.3. The Morgan fingerprint density at radius 2 is 0.943 bits per heavy atom. The number of ether oxygens (including phenoxy) is 2. The van der Waals surface area contributed by atoms with Crippen molar-refractivity contribution in [2.75, 3.05) is 19.6 Å². The Bertz CT molecular complexity index is 1020. The van der Waals surface area contributed by atoms with Crippen molar-refractivity contribution >= 4 is 6.16 Å². The van der Waals surface area contributed by atoms with Crippen LogP contribution in [0.25, 0.3) is 0 Å². The molecule has 3 aliphatic rings. The van der Waals surface area contributed by atoms with Gasteiger partial charge in [-0.25, -0.2) is 31.1 Å². The van der Waals surface area contributed by atoms with Crippen LogP contribution >= 0.6 is 0 Å². The minimum absolute atomic E-state index is 0.00694. The van der Waals surface area contributed by atoms with Crippen molar-refractivity contribution in [3.8, 4) is 11.5 Å². The van der Waals surface area contributed by atoms with Gasteiger partial charge in [0, 0.05) is 6.54 Å².